The summed E-state index contributed by atoms with van der Waals surface area (Å²) in [5, 5.41) is 13.1. The first kappa shape index (κ1) is 13.8. The van der Waals surface area contributed by atoms with Gasteiger partial charge in [0.25, 0.3) is 5.91 Å². The molecule has 0 spiro atoms. The second-order valence-electron chi connectivity index (χ2n) is 6.07. The van der Waals surface area contributed by atoms with Crippen LogP contribution in [0.25, 0.3) is 10.4 Å². The zero-order valence-electron chi connectivity index (χ0n) is 12.2. The maximum Gasteiger partial charge on any atom is 0.261 e. The standard InChI is InChI=1S/C17H18N2O2S/c20-14-4-2-1-3-12(14)15-5-6-16(22-15)17(21)18-13-10-19-8-7-11(13)9-19/h1-6,11,13,20H,7-10H2,(H,18,21)/t11-,13?/m0/s1. The number of carbonyl (C=O) groups excluding carboxylic acids is 1. The minimum Gasteiger partial charge on any atom is -0.507 e. The molecule has 2 aliphatic rings. The smallest absolute Gasteiger partial charge is 0.261 e. The minimum absolute atomic E-state index is 0.00502. The lowest BCUT2D eigenvalue weighted by Gasteiger charge is -2.22. The quantitative estimate of drug-likeness (QED) is 0.915. The van der Waals surface area contributed by atoms with Crippen molar-refractivity contribution in [1.29, 1.82) is 0 Å². The van der Waals surface area contributed by atoms with E-state index in [2.05, 4.69) is 10.2 Å². The predicted octanol–water partition coefficient (Wildman–Crippen LogP) is 2.55. The Balaban J connectivity index is 1.49. The van der Waals surface area contributed by atoms with E-state index in [0.717, 1.165) is 23.5 Å². The van der Waals surface area contributed by atoms with Crippen LogP contribution in [0.3, 0.4) is 0 Å². The number of nitrogens with zero attached hydrogens (tertiary/aromatic N) is 1. The lowest BCUT2D eigenvalue weighted by molar-refractivity contribution is 0.0928. The van der Waals surface area contributed by atoms with Crippen LogP contribution >= 0.6 is 11.3 Å². The third-order valence-corrected chi connectivity index (χ3v) is 5.77. The Hall–Kier alpha value is -1.85. The number of phenolic OH excluding ortho intramolecular Hbond substituents is 1. The van der Waals surface area contributed by atoms with Crippen LogP contribution in [0.4, 0.5) is 0 Å². The molecule has 1 amide bonds. The molecule has 4 rings (SSSR count). The molecule has 0 saturated carbocycles. The zero-order chi connectivity index (χ0) is 15.1. The van der Waals surface area contributed by atoms with Crippen LogP contribution in [-0.2, 0) is 0 Å². The Labute approximate surface area is 133 Å². The molecular weight excluding hydrogens is 296 g/mol. The SMILES string of the molecule is O=C(NC1CN2CC[C@H]1C2)c1ccc(-c2ccccc2O)s1. The van der Waals surface area contributed by atoms with Gasteiger partial charge in [-0.25, -0.2) is 0 Å². The minimum atomic E-state index is 0.00502. The molecule has 2 N–H and O–H groups in total. The number of amides is 1. The molecule has 22 heavy (non-hydrogen) atoms. The number of benzene rings is 1. The third kappa shape index (κ3) is 2.40. The Morgan fingerprint density at radius 1 is 1.23 bits per heavy atom. The normalized spacial score (nSPS) is 26.3. The molecule has 2 aromatic rings. The molecule has 0 aliphatic carbocycles. The number of thiophene rings is 1. The first-order valence-corrected chi connectivity index (χ1v) is 8.44. The summed E-state index contributed by atoms with van der Waals surface area (Å²) in [5.41, 5.74) is 0.776. The Morgan fingerprint density at radius 3 is 2.82 bits per heavy atom. The van der Waals surface area contributed by atoms with Crippen molar-refractivity contribution in [2.24, 2.45) is 5.92 Å². The van der Waals surface area contributed by atoms with Gasteiger partial charge in [-0.1, -0.05) is 12.1 Å². The van der Waals surface area contributed by atoms with Crippen molar-refractivity contribution in [3.05, 3.63) is 41.3 Å². The van der Waals surface area contributed by atoms with Crippen molar-refractivity contribution < 1.29 is 9.90 Å². The summed E-state index contributed by atoms with van der Waals surface area (Å²) in [5.74, 6) is 0.865. The molecule has 5 heteroatoms. The lowest BCUT2D eigenvalue weighted by atomic mass is 10.00. The molecule has 1 aromatic carbocycles. The van der Waals surface area contributed by atoms with Crippen LogP contribution in [0, 0.1) is 5.92 Å². The van der Waals surface area contributed by atoms with E-state index in [-0.39, 0.29) is 17.7 Å². The molecule has 3 heterocycles. The number of rotatable bonds is 3. The molecule has 114 valence electrons. The van der Waals surface area contributed by atoms with Crippen molar-refractivity contribution in [2.75, 3.05) is 19.6 Å². The Morgan fingerprint density at radius 2 is 2.09 bits per heavy atom. The van der Waals surface area contributed by atoms with E-state index in [1.807, 2.05) is 24.3 Å². The van der Waals surface area contributed by atoms with E-state index >= 15 is 0 Å². The largest absolute Gasteiger partial charge is 0.507 e. The highest BCUT2D eigenvalue weighted by atomic mass is 32.1. The summed E-state index contributed by atoms with van der Waals surface area (Å²) >= 11 is 1.43. The van der Waals surface area contributed by atoms with Gasteiger partial charge in [-0.05, 0) is 43.1 Å². The second-order valence-corrected chi connectivity index (χ2v) is 7.15. The fourth-order valence-electron chi connectivity index (χ4n) is 3.47. The van der Waals surface area contributed by atoms with Gasteiger partial charge in [-0.3, -0.25) is 4.79 Å². The van der Waals surface area contributed by atoms with Crippen LogP contribution < -0.4 is 5.32 Å². The summed E-state index contributed by atoms with van der Waals surface area (Å²) < 4.78 is 0. The van der Waals surface area contributed by atoms with Gasteiger partial charge in [-0.2, -0.15) is 0 Å². The number of hydrogen-bond donors (Lipinski definition) is 2. The van der Waals surface area contributed by atoms with Crippen molar-refractivity contribution in [3.8, 4) is 16.2 Å². The van der Waals surface area contributed by atoms with Gasteiger partial charge in [0.1, 0.15) is 5.75 Å². The van der Waals surface area contributed by atoms with E-state index in [4.69, 9.17) is 0 Å². The van der Waals surface area contributed by atoms with Gasteiger partial charge in [0, 0.05) is 29.6 Å². The molecular formula is C17H18N2O2S. The number of carbonyl (C=O) groups is 1. The number of piperidine rings is 1. The molecule has 2 aliphatic heterocycles. The highest BCUT2D eigenvalue weighted by Gasteiger charge is 2.38. The Kier molecular flexibility index (Phi) is 3.39. The van der Waals surface area contributed by atoms with Crippen molar-refractivity contribution >= 4 is 17.2 Å². The zero-order valence-corrected chi connectivity index (χ0v) is 13.0. The molecule has 2 fully saturated rings. The highest BCUT2D eigenvalue weighted by molar-refractivity contribution is 7.17. The van der Waals surface area contributed by atoms with Gasteiger partial charge < -0.3 is 15.3 Å². The van der Waals surface area contributed by atoms with Gasteiger partial charge in [0.05, 0.1) is 4.88 Å². The number of para-hydroxylation sites is 1. The number of nitrogens with one attached hydrogen (secondary N) is 1. The third-order valence-electron chi connectivity index (χ3n) is 4.65. The molecule has 2 saturated heterocycles. The van der Waals surface area contributed by atoms with Gasteiger partial charge in [-0.15, -0.1) is 11.3 Å². The van der Waals surface area contributed by atoms with Crippen LogP contribution in [0.1, 0.15) is 16.1 Å². The summed E-state index contributed by atoms with van der Waals surface area (Å²) in [4.78, 5) is 16.5. The lowest BCUT2D eigenvalue weighted by Crippen LogP contribution is -2.42. The first-order chi connectivity index (χ1) is 10.7. The highest BCUT2D eigenvalue weighted by Crippen LogP contribution is 2.34. The summed E-state index contributed by atoms with van der Waals surface area (Å²) in [6, 6.07) is 11.2. The summed E-state index contributed by atoms with van der Waals surface area (Å²) in [7, 11) is 0. The second kappa shape index (κ2) is 5.41. The number of phenols is 1. The summed E-state index contributed by atoms with van der Waals surface area (Å²) in [6.07, 6.45) is 1.19. The number of fused-ring (bicyclic) bond motifs is 2. The van der Waals surface area contributed by atoms with E-state index in [1.54, 1.807) is 12.1 Å². The van der Waals surface area contributed by atoms with Gasteiger partial charge in [0.2, 0.25) is 0 Å². The van der Waals surface area contributed by atoms with Crippen molar-refractivity contribution in [3.63, 3.8) is 0 Å². The topological polar surface area (TPSA) is 52.6 Å². The molecule has 1 aromatic heterocycles. The maximum atomic E-state index is 12.4. The monoisotopic (exact) mass is 314 g/mol. The van der Waals surface area contributed by atoms with E-state index in [1.165, 1.54) is 24.3 Å². The average molecular weight is 314 g/mol. The van der Waals surface area contributed by atoms with E-state index in [0.29, 0.717) is 10.8 Å². The average Bonchev–Trinajstić information content (AvgIpc) is 3.24. The van der Waals surface area contributed by atoms with Crippen LogP contribution in [0.5, 0.6) is 5.75 Å². The molecule has 4 nitrogen and oxygen atoms in total. The van der Waals surface area contributed by atoms with Crippen LogP contribution in [0.15, 0.2) is 36.4 Å². The van der Waals surface area contributed by atoms with Gasteiger partial charge >= 0.3 is 0 Å². The molecule has 2 bridgehead atoms. The molecule has 2 unspecified atom stereocenters. The fourth-order valence-corrected chi connectivity index (χ4v) is 4.42. The maximum absolute atomic E-state index is 12.4. The van der Waals surface area contributed by atoms with Gasteiger partial charge in [0.15, 0.2) is 0 Å². The number of aromatic hydroxyl groups is 1. The molecule has 0 radical (unpaired) electrons. The van der Waals surface area contributed by atoms with Crippen LogP contribution in [-0.4, -0.2) is 41.6 Å². The van der Waals surface area contributed by atoms with Crippen LogP contribution in [0.2, 0.25) is 0 Å². The van der Waals surface area contributed by atoms with E-state index < -0.39 is 0 Å². The number of hydrogen-bond acceptors (Lipinski definition) is 4. The summed E-state index contributed by atoms with van der Waals surface area (Å²) in [6.45, 7) is 3.28. The van der Waals surface area contributed by atoms with Crippen molar-refractivity contribution in [2.45, 2.75) is 12.5 Å². The Bertz CT molecular complexity index is 712. The van der Waals surface area contributed by atoms with Crippen molar-refractivity contribution in [1.82, 2.24) is 10.2 Å². The first-order valence-electron chi connectivity index (χ1n) is 7.62. The predicted molar refractivity (Wildman–Crippen MR) is 87.2 cm³/mol. The molecule has 3 atom stereocenters. The van der Waals surface area contributed by atoms with E-state index in [9.17, 15) is 9.90 Å². The fraction of sp³-hybridized carbons (Fsp3) is 0.353.